The highest BCUT2D eigenvalue weighted by Crippen LogP contribution is 2.35. The summed E-state index contributed by atoms with van der Waals surface area (Å²) in [4.78, 5) is 8.60. The molecule has 1 saturated heterocycles. The number of aromatic nitrogens is 1. The largest absolute Gasteiger partial charge is 0.299 e. The van der Waals surface area contributed by atoms with Crippen LogP contribution in [0.1, 0.15) is 55.3 Å². The van der Waals surface area contributed by atoms with Crippen molar-refractivity contribution in [2.75, 3.05) is 13.1 Å². The van der Waals surface area contributed by atoms with E-state index in [2.05, 4.69) is 36.0 Å². The van der Waals surface area contributed by atoms with Crippen molar-refractivity contribution in [2.24, 2.45) is 0 Å². The van der Waals surface area contributed by atoms with Gasteiger partial charge in [-0.15, -0.1) is 11.3 Å². The van der Waals surface area contributed by atoms with Crippen LogP contribution in [0.5, 0.6) is 0 Å². The third-order valence-corrected chi connectivity index (χ3v) is 5.36. The van der Waals surface area contributed by atoms with E-state index >= 15 is 0 Å². The van der Waals surface area contributed by atoms with Crippen LogP contribution in [0.2, 0.25) is 0 Å². The number of hydrogen-bond acceptors (Lipinski definition) is 3. The smallest absolute Gasteiger partial charge is 0.0987 e. The number of allylic oxidation sites excluding steroid dienone is 2. The van der Waals surface area contributed by atoms with Crippen LogP contribution >= 0.6 is 11.3 Å². The molecule has 1 aromatic heterocycles. The van der Waals surface area contributed by atoms with Gasteiger partial charge >= 0.3 is 0 Å². The second kappa shape index (κ2) is 5.14. The minimum Gasteiger partial charge on any atom is -0.299 e. The lowest BCUT2D eigenvalue weighted by atomic mass is 9.99. The van der Waals surface area contributed by atoms with E-state index in [-0.39, 0.29) is 0 Å². The SMILES string of the molecule is CC(C)N1CC(c2ncc(C3=CCCCC3)s2)C1. The van der Waals surface area contributed by atoms with Crippen LogP contribution < -0.4 is 0 Å². The maximum absolute atomic E-state index is 4.66. The predicted octanol–water partition coefficient (Wildman–Crippen LogP) is 3.91. The second-order valence-electron chi connectivity index (χ2n) is 5.78. The van der Waals surface area contributed by atoms with Crippen LogP contribution in [0.4, 0.5) is 0 Å². The van der Waals surface area contributed by atoms with Gasteiger partial charge in [0, 0.05) is 31.2 Å². The van der Waals surface area contributed by atoms with E-state index in [1.807, 2.05) is 11.3 Å². The quantitative estimate of drug-likeness (QED) is 0.821. The zero-order chi connectivity index (χ0) is 12.5. The molecule has 3 rings (SSSR count). The van der Waals surface area contributed by atoms with E-state index in [4.69, 9.17) is 0 Å². The molecule has 1 aromatic rings. The van der Waals surface area contributed by atoms with E-state index < -0.39 is 0 Å². The van der Waals surface area contributed by atoms with Gasteiger partial charge in [-0.3, -0.25) is 4.90 Å². The summed E-state index contributed by atoms with van der Waals surface area (Å²) in [6.07, 6.45) is 9.75. The van der Waals surface area contributed by atoms with E-state index in [9.17, 15) is 0 Å². The Kier molecular flexibility index (Phi) is 3.53. The van der Waals surface area contributed by atoms with Crippen LogP contribution in [0, 0.1) is 0 Å². The van der Waals surface area contributed by atoms with Crippen molar-refractivity contribution in [1.29, 1.82) is 0 Å². The van der Waals surface area contributed by atoms with Crippen LogP contribution in [-0.4, -0.2) is 29.0 Å². The highest BCUT2D eigenvalue weighted by Gasteiger charge is 2.31. The molecule has 0 aromatic carbocycles. The fourth-order valence-electron chi connectivity index (χ4n) is 2.78. The fraction of sp³-hybridized carbons (Fsp3) is 0.667. The van der Waals surface area contributed by atoms with Crippen molar-refractivity contribution < 1.29 is 0 Å². The summed E-state index contributed by atoms with van der Waals surface area (Å²) in [5.74, 6) is 0.690. The van der Waals surface area contributed by atoms with Gasteiger partial charge in [0.25, 0.3) is 0 Å². The van der Waals surface area contributed by atoms with Gasteiger partial charge in [-0.1, -0.05) is 6.08 Å². The molecule has 0 spiro atoms. The normalized spacial score (nSPS) is 22.1. The van der Waals surface area contributed by atoms with Crippen molar-refractivity contribution in [3.63, 3.8) is 0 Å². The van der Waals surface area contributed by atoms with Crippen molar-refractivity contribution in [3.8, 4) is 0 Å². The van der Waals surface area contributed by atoms with Gasteiger partial charge in [-0.05, 0) is 45.1 Å². The van der Waals surface area contributed by atoms with E-state index in [0.717, 1.165) is 0 Å². The number of hydrogen-bond donors (Lipinski definition) is 0. The third-order valence-electron chi connectivity index (χ3n) is 4.12. The molecular weight excluding hydrogens is 240 g/mol. The summed E-state index contributed by atoms with van der Waals surface area (Å²) in [6.45, 7) is 6.94. The van der Waals surface area contributed by atoms with Crippen LogP contribution in [0.3, 0.4) is 0 Å². The Morgan fingerprint density at radius 3 is 2.83 bits per heavy atom. The molecule has 0 unspecified atom stereocenters. The van der Waals surface area contributed by atoms with Gasteiger partial charge in [0.05, 0.1) is 9.88 Å². The Labute approximate surface area is 114 Å². The first-order chi connectivity index (χ1) is 8.74. The van der Waals surface area contributed by atoms with E-state index in [1.165, 1.54) is 48.7 Å². The summed E-state index contributed by atoms with van der Waals surface area (Å²) >= 11 is 1.93. The Morgan fingerprint density at radius 1 is 1.33 bits per heavy atom. The zero-order valence-corrected chi connectivity index (χ0v) is 12.2. The van der Waals surface area contributed by atoms with Gasteiger partial charge in [0.1, 0.15) is 0 Å². The van der Waals surface area contributed by atoms with Crippen molar-refractivity contribution in [2.45, 2.75) is 51.5 Å². The molecule has 2 aliphatic rings. The minimum atomic E-state index is 0.682. The Bertz CT molecular complexity index is 441. The average molecular weight is 262 g/mol. The van der Waals surface area contributed by atoms with E-state index in [0.29, 0.717) is 12.0 Å². The van der Waals surface area contributed by atoms with Gasteiger partial charge in [-0.2, -0.15) is 0 Å². The molecule has 1 aliphatic carbocycles. The molecule has 0 saturated carbocycles. The van der Waals surface area contributed by atoms with Crippen molar-refractivity contribution in [1.82, 2.24) is 9.88 Å². The minimum absolute atomic E-state index is 0.682. The molecule has 98 valence electrons. The molecule has 2 heterocycles. The lowest BCUT2D eigenvalue weighted by molar-refractivity contribution is 0.110. The van der Waals surface area contributed by atoms with E-state index in [1.54, 1.807) is 5.57 Å². The summed E-state index contributed by atoms with van der Waals surface area (Å²) < 4.78 is 0. The first-order valence-corrected chi connectivity index (χ1v) is 7.95. The molecule has 0 radical (unpaired) electrons. The lowest BCUT2D eigenvalue weighted by Crippen LogP contribution is -2.48. The molecule has 2 nitrogen and oxygen atoms in total. The first-order valence-electron chi connectivity index (χ1n) is 7.13. The fourth-order valence-corrected chi connectivity index (χ4v) is 3.85. The topological polar surface area (TPSA) is 16.1 Å². The van der Waals surface area contributed by atoms with Gasteiger partial charge in [0.15, 0.2) is 0 Å². The van der Waals surface area contributed by atoms with Crippen molar-refractivity contribution >= 4 is 16.9 Å². The number of thiazole rings is 1. The molecule has 0 bridgehead atoms. The number of likely N-dealkylation sites (tertiary alicyclic amines) is 1. The van der Waals surface area contributed by atoms with Gasteiger partial charge in [-0.25, -0.2) is 4.98 Å². The molecule has 1 aliphatic heterocycles. The highest BCUT2D eigenvalue weighted by molar-refractivity contribution is 7.12. The molecule has 1 fully saturated rings. The third kappa shape index (κ3) is 2.39. The summed E-state index contributed by atoms with van der Waals surface area (Å²) in [5.41, 5.74) is 1.55. The maximum atomic E-state index is 4.66. The van der Waals surface area contributed by atoms with Gasteiger partial charge < -0.3 is 0 Å². The van der Waals surface area contributed by atoms with Crippen LogP contribution in [-0.2, 0) is 0 Å². The lowest BCUT2D eigenvalue weighted by Gasteiger charge is -2.41. The number of nitrogens with zero attached hydrogens (tertiary/aromatic N) is 2. The Morgan fingerprint density at radius 2 is 2.17 bits per heavy atom. The molecule has 0 amide bonds. The summed E-state index contributed by atoms with van der Waals surface area (Å²) in [5, 5.41) is 1.35. The van der Waals surface area contributed by atoms with Crippen LogP contribution in [0.15, 0.2) is 12.3 Å². The average Bonchev–Trinajstić information content (AvgIpc) is 2.77. The van der Waals surface area contributed by atoms with Gasteiger partial charge in [0.2, 0.25) is 0 Å². The monoisotopic (exact) mass is 262 g/mol. The molecule has 0 atom stereocenters. The summed E-state index contributed by atoms with van der Waals surface area (Å²) in [7, 11) is 0. The number of rotatable bonds is 3. The second-order valence-corrected chi connectivity index (χ2v) is 6.84. The Balaban J connectivity index is 1.66. The maximum Gasteiger partial charge on any atom is 0.0987 e. The van der Waals surface area contributed by atoms with Crippen LogP contribution in [0.25, 0.3) is 5.57 Å². The first kappa shape index (κ1) is 12.4. The molecule has 3 heteroatoms. The molecule has 18 heavy (non-hydrogen) atoms. The van der Waals surface area contributed by atoms with Crippen molar-refractivity contribution in [3.05, 3.63) is 22.2 Å². The molecular formula is C15H22N2S. The standard InChI is InChI=1S/C15H22N2S/c1-11(2)17-9-13(10-17)15-16-8-14(18-15)12-6-4-3-5-7-12/h6,8,11,13H,3-5,7,9-10H2,1-2H3. The summed E-state index contributed by atoms with van der Waals surface area (Å²) in [6, 6.07) is 0.682. The zero-order valence-electron chi connectivity index (χ0n) is 11.4. The Hall–Kier alpha value is -0.670. The predicted molar refractivity (Wildman–Crippen MR) is 78.0 cm³/mol. The molecule has 0 N–H and O–H groups in total. The highest BCUT2D eigenvalue weighted by atomic mass is 32.1.